The van der Waals surface area contributed by atoms with Crippen molar-refractivity contribution >= 4 is 24.2 Å². The van der Waals surface area contributed by atoms with Crippen molar-refractivity contribution in [1.29, 1.82) is 0 Å². The summed E-state index contributed by atoms with van der Waals surface area (Å²) >= 11 is 9.19. The van der Waals surface area contributed by atoms with Crippen molar-refractivity contribution in [1.82, 2.24) is 0 Å². The molecule has 0 heterocycles. The molecule has 0 nitrogen and oxygen atoms in total. The molecular weight excluding hydrogens is 164 g/mol. The van der Waals surface area contributed by atoms with E-state index in [0.29, 0.717) is 4.36 Å². The van der Waals surface area contributed by atoms with Crippen LogP contribution in [-0.4, -0.2) is 0 Å². The summed E-state index contributed by atoms with van der Waals surface area (Å²) < 4.78 is 0.593. The van der Waals surface area contributed by atoms with E-state index < -0.39 is 0 Å². The van der Waals surface area contributed by atoms with E-state index in [0.717, 1.165) is 5.57 Å². The highest BCUT2D eigenvalue weighted by atomic mass is 35.5. The second-order valence-electron chi connectivity index (χ2n) is 2.50. The number of hydrogen-bond acceptors (Lipinski definition) is 1. The monoisotopic (exact) mass is 178 g/mol. The molecule has 0 aromatic rings. The first-order valence-corrected chi connectivity index (χ1v) is 3.84. The van der Waals surface area contributed by atoms with E-state index in [9.17, 15) is 0 Å². The van der Waals surface area contributed by atoms with Gasteiger partial charge < -0.3 is 0 Å². The lowest BCUT2D eigenvalue weighted by molar-refractivity contribution is 1.40. The normalized spacial score (nSPS) is 7.40. The zero-order valence-corrected chi connectivity index (χ0v) is 8.68. The van der Waals surface area contributed by atoms with Gasteiger partial charge in [0.05, 0.1) is 4.36 Å². The van der Waals surface area contributed by atoms with Gasteiger partial charge in [0, 0.05) is 0 Å². The van der Waals surface area contributed by atoms with Gasteiger partial charge in [-0.15, -0.1) is 19.2 Å². The van der Waals surface area contributed by atoms with Crippen LogP contribution in [0.5, 0.6) is 0 Å². The maximum atomic E-state index is 5.36. The molecule has 0 saturated carbocycles. The molecule has 0 spiro atoms. The summed E-state index contributed by atoms with van der Waals surface area (Å²) in [7, 11) is 0. The average Bonchev–Trinajstić information content (AvgIpc) is 1.63. The molecule has 2 heteroatoms. The maximum absolute atomic E-state index is 5.36. The quantitative estimate of drug-likeness (QED) is 0.421. The van der Waals surface area contributed by atoms with Crippen LogP contribution in [0.4, 0.5) is 0 Å². The molecule has 0 aliphatic rings. The summed E-state index contributed by atoms with van der Waals surface area (Å²) in [6.45, 7) is 11.3. The van der Waals surface area contributed by atoms with E-state index in [-0.39, 0.29) is 0 Å². The lowest BCUT2D eigenvalue weighted by atomic mass is 10.4. The second kappa shape index (κ2) is 7.23. The highest BCUT2D eigenvalue weighted by Gasteiger charge is 1.79. The van der Waals surface area contributed by atoms with Crippen molar-refractivity contribution in [3.8, 4) is 0 Å². The number of rotatable bonds is 0. The van der Waals surface area contributed by atoms with Crippen LogP contribution in [0.3, 0.4) is 0 Å². The van der Waals surface area contributed by atoms with Crippen molar-refractivity contribution in [2.75, 3.05) is 0 Å². The van der Waals surface area contributed by atoms with Crippen molar-refractivity contribution in [3.05, 3.63) is 22.1 Å². The Kier molecular flexibility index (Phi) is 9.23. The summed E-state index contributed by atoms with van der Waals surface area (Å²) in [4.78, 5) is 0. The lowest BCUT2D eigenvalue weighted by Gasteiger charge is -1.83. The Morgan fingerprint density at radius 3 is 1.30 bits per heavy atom. The Balaban J connectivity index is 0. The van der Waals surface area contributed by atoms with Gasteiger partial charge in [-0.05, 0) is 27.7 Å². The van der Waals surface area contributed by atoms with Gasteiger partial charge in [0.1, 0.15) is 0 Å². The molecule has 0 fully saturated rings. The van der Waals surface area contributed by atoms with Crippen LogP contribution < -0.4 is 0 Å². The SMILES string of the molecule is C=C(C)C.CC(C)=C(S)Cl. The van der Waals surface area contributed by atoms with Crippen molar-refractivity contribution < 1.29 is 0 Å². The molecular formula is C8H15ClS. The molecule has 0 saturated heterocycles. The molecule has 0 radical (unpaired) electrons. The molecule has 0 unspecified atom stereocenters. The van der Waals surface area contributed by atoms with Crippen LogP contribution in [0.15, 0.2) is 22.1 Å². The Labute approximate surface area is 74.4 Å². The summed E-state index contributed by atoms with van der Waals surface area (Å²) in [5.41, 5.74) is 2.22. The van der Waals surface area contributed by atoms with Crippen molar-refractivity contribution in [2.45, 2.75) is 27.7 Å². The minimum Gasteiger partial charge on any atom is -0.131 e. The number of hydrogen-bond donors (Lipinski definition) is 1. The molecule has 0 aromatic heterocycles. The standard InChI is InChI=1S/C4H7ClS.C4H8/c1-3(2)4(5)6;1-4(2)3/h6H,1-2H3;1H2,2-3H3. The smallest absolute Gasteiger partial charge is 0.0690 e. The third-order valence-electron chi connectivity index (χ3n) is 0.413. The van der Waals surface area contributed by atoms with E-state index in [2.05, 4.69) is 19.2 Å². The fourth-order valence-corrected chi connectivity index (χ4v) is 0. The van der Waals surface area contributed by atoms with Crippen LogP contribution in [0, 0.1) is 0 Å². The minimum atomic E-state index is 0.593. The van der Waals surface area contributed by atoms with E-state index in [1.807, 2.05) is 27.7 Å². The summed E-state index contributed by atoms with van der Waals surface area (Å²) in [5, 5.41) is 0. The molecule has 0 aromatic carbocycles. The largest absolute Gasteiger partial charge is 0.131 e. The van der Waals surface area contributed by atoms with Gasteiger partial charge >= 0.3 is 0 Å². The Bertz CT molecular complexity index is 114. The molecule has 60 valence electrons. The van der Waals surface area contributed by atoms with Gasteiger partial charge in [0.15, 0.2) is 0 Å². The topological polar surface area (TPSA) is 0 Å². The maximum Gasteiger partial charge on any atom is 0.0690 e. The highest BCUT2D eigenvalue weighted by molar-refractivity contribution is 7.86. The van der Waals surface area contributed by atoms with Crippen molar-refractivity contribution in [2.24, 2.45) is 0 Å². The van der Waals surface area contributed by atoms with E-state index in [1.54, 1.807) is 0 Å². The van der Waals surface area contributed by atoms with Crippen LogP contribution in [0.25, 0.3) is 0 Å². The molecule has 0 aliphatic heterocycles. The van der Waals surface area contributed by atoms with Gasteiger partial charge in [-0.25, -0.2) is 0 Å². The van der Waals surface area contributed by atoms with E-state index >= 15 is 0 Å². The molecule has 0 rings (SSSR count). The second-order valence-corrected chi connectivity index (χ2v) is 3.59. The number of thiol groups is 1. The van der Waals surface area contributed by atoms with E-state index in [1.165, 1.54) is 5.57 Å². The molecule has 0 bridgehead atoms. The fraction of sp³-hybridized carbons (Fsp3) is 0.500. The molecule has 0 N–H and O–H groups in total. The van der Waals surface area contributed by atoms with E-state index in [4.69, 9.17) is 11.6 Å². The van der Waals surface area contributed by atoms with Crippen LogP contribution in [0.1, 0.15) is 27.7 Å². The van der Waals surface area contributed by atoms with Crippen LogP contribution in [-0.2, 0) is 0 Å². The predicted molar refractivity (Wildman–Crippen MR) is 53.7 cm³/mol. The Morgan fingerprint density at radius 1 is 1.20 bits per heavy atom. The zero-order valence-electron chi connectivity index (χ0n) is 7.03. The molecule has 10 heavy (non-hydrogen) atoms. The van der Waals surface area contributed by atoms with Crippen molar-refractivity contribution in [3.63, 3.8) is 0 Å². The minimum absolute atomic E-state index is 0.593. The van der Waals surface area contributed by atoms with Gasteiger partial charge in [0.2, 0.25) is 0 Å². The number of allylic oxidation sites excluding steroid dienone is 2. The first-order valence-electron chi connectivity index (χ1n) is 3.02. The first-order chi connectivity index (χ1) is 4.37. The highest BCUT2D eigenvalue weighted by Crippen LogP contribution is 2.10. The van der Waals surface area contributed by atoms with Crippen LogP contribution >= 0.6 is 24.2 Å². The number of halogens is 1. The van der Waals surface area contributed by atoms with Gasteiger partial charge in [-0.1, -0.05) is 22.7 Å². The lowest BCUT2D eigenvalue weighted by Crippen LogP contribution is -1.59. The Morgan fingerprint density at radius 2 is 1.30 bits per heavy atom. The third-order valence-corrected chi connectivity index (χ3v) is 1.24. The predicted octanol–water partition coefficient (Wildman–Crippen LogP) is 3.99. The molecule has 0 amide bonds. The average molecular weight is 179 g/mol. The fourth-order valence-electron chi connectivity index (χ4n) is 0. The Hall–Kier alpha value is 0.120. The molecule has 0 aliphatic carbocycles. The van der Waals surface area contributed by atoms with Gasteiger partial charge in [0.25, 0.3) is 0 Å². The third kappa shape index (κ3) is 24.3. The van der Waals surface area contributed by atoms with Gasteiger partial charge in [-0.3, -0.25) is 0 Å². The molecule has 0 atom stereocenters. The van der Waals surface area contributed by atoms with Gasteiger partial charge in [-0.2, -0.15) is 0 Å². The summed E-state index contributed by atoms with van der Waals surface area (Å²) in [6, 6.07) is 0. The summed E-state index contributed by atoms with van der Waals surface area (Å²) in [6.07, 6.45) is 0. The summed E-state index contributed by atoms with van der Waals surface area (Å²) in [5.74, 6) is 0. The first kappa shape index (κ1) is 12.8. The van der Waals surface area contributed by atoms with Crippen LogP contribution in [0.2, 0.25) is 0 Å². The zero-order chi connectivity index (χ0) is 8.73.